The molecule has 1 amide bonds. The van der Waals surface area contributed by atoms with E-state index in [0.29, 0.717) is 19.1 Å². The molecule has 0 bridgehead atoms. The molecule has 1 saturated heterocycles. The summed E-state index contributed by atoms with van der Waals surface area (Å²) in [7, 11) is 0. The van der Waals surface area contributed by atoms with Crippen molar-refractivity contribution in [3.05, 3.63) is 18.5 Å². The molecule has 1 aliphatic heterocycles. The van der Waals surface area contributed by atoms with Gasteiger partial charge in [-0.3, -0.25) is 9.48 Å². The molecule has 81 valence electrons. The number of aliphatic hydroxyl groups is 1. The van der Waals surface area contributed by atoms with Gasteiger partial charge in [-0.15, -0.1) is 0 Å². The zero-order chi connectivity index (χ0) is 10.7. The number of amides is 1. The van der Waals surface area contributed by atoms with Crippen molar-refractivity contribution in [2.45, 2.75) is 18.9 Å². The minimum absolute atomic E-state index is 0.180. The van der Waals surface area contributed by atoms with Gasteiger partial charge in [0.2, 0.25) is 5.91 Å². The van der Waals surface area contributed by atoms with Gasteiger partial charge in [0.05, 0.1) is 12.2 Å². The summed E-state index contributed by atoms with van der Waals surface area (Å²) < 4.78 is 1.89. The Morgan fingerprint density at radius 3 is 2.80 bits per heavy atom. The fourth-order valence-corrected chi connectivity index (χ4v) is 1.92. The van der Waals surface area contributed by atoms with Crippen molar-refractivity contribution in [2.24, 2.45) is 0 Å². The van der Waals surface area contributed by atoms with E-state index in [1.165, 1.54) is 0 Å². The first kappa shape index (κ1) is 10.2. The van der Waals surface area contributed by atoms with Crippen LogP contribution in [0, 0.1) is 6.07 Å². The van der Waals surface area contributed by atoms with Crippen LogP contribution in [0.2, 0.25) is 0 Å². The molecule has 0 spiro atoms. The molecule has 5 nitrogen and oxygen atoms in total. The fraction of sp³-hybridized carbons (Fsp3) is 0.600. The molecule has 2 rings (SSSR count). The molecule has 2 heterocycles. The highest BCUT2D eigenvalue weighted by Gasteiger charge is 2.23. The van der Waals surface area contributed by atoms with E-state index < -0.39 is 0 Å². The normalized spacial score (nSPS) is 18.1. The second-order valence-electron chi connectivity index (χ2n) is 3.69. The highest BCUT2D eigenvalue weighted by Crippen LogP contribution is 2.21. The number of carbonyl (C=O) groups excluding carboxylic acids is 1. The maximum atomic E-state index is 11.2. The summed E-state index contributed by atoms with van der Waals surface area (Å²) in [6.45, 7) is 1.01. The van der Waals surface area contributed by atoms with Crippen LogP contribution in [0.1, 0.15) is 18.9 Å². The summed E-state index contributed by atoms with van der Waals surface area (Å²) >= 11 is 0. The highest BCUT2D eigenvalue weighted by atomic mass is 16.3. The minimum atomic E-state index is -0.389. The number of hydrogen-bond donors (Lipinski definition) is 1. The average molecular weight is 208 g/mol. The number of nitrogens with zero attached hydrogens (tertiary/aromatic N) is 3. The Labute approximate surface area is 88.3 Å². The van der Waals surface area contributed by atoms with Crippen LogP contribution in [-0.2, 0) is 4.79 Å². The van der Waals surface area contributed by atoms with Crippen LogP contribution >= 0.6 is 0 Å². The molecular weight excluding hydrogens is 194 g/mol. The minimum Gasteiger partial charge on any atom is -0.387 e. The van der Waals surface area contributed by atoms with Crippen molar-refractivity contribution in [2.75, 3.05) is 19.7 Å². The topological polar surface area (TPSA) is 58.4 Å². The lowest BCUT2D eigenvalue weighted by Crippen LogP contribution is -2.40. The van der Waals surface area contributed by atoms with E-state index >= 15 is 0 Å². The van der Waals surface area contributed by atoms with Crippen LogP contribution in [-0.4, -0.2) is 45.4 Å². The molecule has 1 N–H and O–H groups in total. The van der Waals surface area contributed by atoms with Gasteiger partial charge in [-0.25, -0.2) is 0 Å². The smallest absolute Gasteiger partial charge is 0.248 e. The largest absolute Gasteiger partial charge is 0.387 e. The molecule has 1 aromatic heterocycles. The molecular formula is C10H14N3O2. The SMILES string of the molecule is O=C(CO)N1CCC(n2c[c]cn2)CC1. The van der Waals surface area contributed by atoms with Crippen molar-refractivity contribution < 1.29 is 9.90 Å². The maximum absolute atomic E-state index is 11.2. The van der Waals surface area contributed by atoms with Gasteiger partial charge < -0.3 is 10.0 Å². The summed E-state index contributed by atoms with van der Waals surface area (Å²) in [5.41, 5.74) is 0. The van der Waals surface area contributed by atoms with Gasteiger partial charge in [0, 0.05) is 25.4 Å². The van der Waals surface area contributed by atoms with Crippen LogP contribution in [0.5, 0.6) is 0 Å². The third-order valence-corrected chi connectivity index (χ3v) is 2.80. The molecule has 15 heavy (non-hydrogen) atoms. The number of piperidine rings is 1. The molecule has 1 aromatic rings. The van der Waals surface area contributed by atoms with Gasteiger partial charge in [0.25, 0.3) is 0 Å². The van der Waals surface area contributed by atoms with E-state index in [9.17, 15) is 4.79 Å². The predicted octanol–water partition coefficient (Wildman–Crippen LogP) is -0.161. The van der Waals surface area contributed by atoms with Crippen molar-refractivity contribution in [3.63, 3.8) is 0 Å². The standard InChI is InChI=1S/C10H14N3O2/c14-8-10(15)12-6-2-9(3-7-12)13-5-1-4-11-13/h4-5,9,14H,2-3,6-8H2. The lowest BCUT2D eigenvalue weighted by atomic mass is 10.1. The maximum Gasteiger partial charge on any atom is 0.248 e. The van der Waals surface area contributed by atoms with Crippen LogP contribution in [0.15, 0.2) is 12.4 Å². The Kier molecular flexibility index (Phi) is 3.01. The zero-order valence-corrected chi connectivity index (χ0v) is 8.46. The molecule has 0 atom stereocenters. The quantitative estimate of drug-likeness (QED) is 0.734. The third-order valence-electron chi connectivity index (χ3n) is 2.80. The van der Waals surface area contributed by atoms with Crippen molar-refractivity contribution in [1.29, 1.82) is 0 Å². The Morgan fingerprint density at radius 1 is 1.53 bits per heavy atom. The Hall–Kier alpha value is -1.36. The van der Waals surface area contributed by atoms with E-state index in [-0.39, 0.29) is 12.5 Å². The van der Waals surface area contributed by atoms with Crippen LogP contribution in [0.3, 0.4) is 0 Å². The van der Waals surface area contributed by atoms with Crippen LogP contribution in [0.4, 0.5) is 0 Å². The van der Waals surface area contributed by atoms with Crippen LogP contribution < -0.4 is 0 Å². The molecule has 0 aromatic carbocycles. The predicted molar refractivity (Wildman–Crippen MR) is 53.0 cm³/mol. The lowest BCUT2D eigenvalue weighted by molar-refractivity contribution is -0.135. The van der Waals surface area contributed by atoms with Gasteiger partial charge in [-0.1, -0.05) is 0 Å². The van der Waals surface area contributed by atoms with E-state index in [1.54, 1.807) is 11.1 Å². The average Bonchev–Trinajstić information content (AvgIpc) is 2.82. The number of rotatable bonds is 2. The monoisotopic (exact) mass is 208 g/mol. The van der Waals surface area contributed by atoms with Gasteiger partial charge in [-0.05, 0) is 12.8 Å². The van der Waals surface area contributed by atoms with E-state index in [2.05, 4.69) is 11.2 Å². The van der Waals surface area contributed by atoms with Crippen molar-refractivity contribution in [3.8, 4) is 0 Å². The summed E-state index contributed by atoms with van der Waals surface area (Å²) in [5.74, 6) is -0.180. The number of hydrogen-bond acceptors (Lipinski definition) is 3. The van der Waals surface area contributed by atoms with Crippen molar-refractivity contribution in [1.82, 2.24) is 14.7 Å². The molecule has 0 aliphatic carbocycles. The Balaban J connectivity index is 1.90. The summed E-state index contributed by atoms with van der Waals surface area (Å²) in [5, 5.41) is 12.9. The van der Waals surface area contributed by atoms with Crippen molar-refractivity contribution >= 4 is 5.91 Å². The summed E-state index contributed by atoms with van der Waals surface area (Å²) in [6, 6.07) is 3.26. The van der Waals surface area contributed by atoms with Crippen LogP contribution in [0.25, 0.3) is 0 Å². The third kappa shape index (κ3) is 2.18. The molecule has 1 aliphatic rings. The second kappa shape index (κ2) is 4.44. The molecule has 5 heteroatoms. The van der Waals surface area contributed by atoms with Gasteiger partial charge in [-0.2, -0.15) is 5.10 Å². The van der Waals surface area contributed by atoms with E-state index in [4.69, 9.17) is 5.11 Å². The molecule has 0 unspecified atom stereocenters. The van der Waals surface area contributed by atoms with Gasteiger partial charge in [0.15, 0.2) is 0 Å². The summed E-state index contributed by atoms with van der Waals surface area (Å²) in [4.78, 5) is 12.9. The number of carbonyl (C=O) groups is 1. The molecule has 0 saturated carbocycles. The second-order valence-corrected chi connectivity index (χ2v) is 3.69. The fourth-order valence-electron chi connectivity index (χ4n) is 1.92. The first-order valence-corrected chi connectivity index (χ1v) is 5.10. The highest BCUT2D eigenvalue weighted by molar-refractivity contribution is 5.77. The van der Waals surface area contributed by atoms with Gasteiger partial charge >= 0.3 is 0 Å². The first-order valence-electron chi connectivity index (χ1n) is 5.10. The Morgan fingerprint density at radius 2 is 2.27 bits per heavy atom. The van der Waals surface area contributed by atoms with E-state index in [1.807, 2.05) is 10.9 Å². The summed E-state index contributed by atoms with van der Waals surface area (Å²) in [6.07, 6.45) is 5.25. The molecule has 1 fully saturated rings. The molecule has 1 radical (unpaired) electrons. The Bertz CT molecular complexity index is 315. The lowest BCUT2D eigenvalue weighted by Gasteiger charge is -2.31. The van der Waals surface area contributed by atoms with E-state index in [0.717, 1.165) is 12.8 Å². The number of likely N-dealkylation sites (tertiary alicyclic amines) is 1. The number of aromatic nitrogens is 2. The number of aliphatic hydroxyl groups excluding tert-OH is 1. The van der Waals surface area contributed by atoms with Gasteiger partial charge in [0.1, 0.15) is 6.61 Å². The zero-order valence-electron chi connectivity index (χ0n) is 8.46. The first-order chi connectivity index (χ1) is 7.31.